The van der Waals surface area contributed by atoms with E-state index in [9.17, 15) is 5.11 Å². The molecule has 88 valence electrons. The van der Waals surface area contributed by atoms with E-state index in [1.54, 1.807) is 36.7 Å². The quantitative estimate of drug-likeness (QED) is 0.899. The Balaban J connectivity index is 2.40. The number of rotatable bonds is 2. The molecule has 2 nitrogen and oxygen atoms in total. The lowest BCUT2D eigenvalue weighted by molar-refractivity contribution is 0.219. The Bertz CT molecular complexity index is 543. The number of hydrogen-bond donors (Lipinski definition) is 1. The normalized spacial score (nSPS) is 12.5. The van der Waals surface area contributed by atoms with Gasteiger partial charge in [-0.25, -0.2) is 0 Å². The monoisotopic (exact) mass is 267 g/mol. The summed E-state index contributed by atoms with van der Waals surface area (Å²) in [6, 6.07) is 6.91. The van der Waals surface area contributed by atoms with Crippen molar-refractivity contribution in [3.05, 3.63) is 63.4 Å². The minimum Gasteiger partial charge on any atom is -0.384 e. The van der Waals surface area contributed by atoms with Crippen LogP contribution < -0.4 is 0 Å². The van der Waals surface area contributed by atoms with Gasteiger partial charge in [0.15, 0.2) is 0 Å². The van der Waals surface area contributed by atoms with Crippen LogP contribution in [0.25, 0.3) is 0 Å². The van der Waals surface area contributed by atoms with Crippen molar-refractivity contribution in [2.24, 2.45) is 0 Å². The lowest BCUT2D eigenvalue weighted by Crippen LogP contribution is -2.02. The lowest BCUT2D eigenvalue weighted by Gasteiger charge is -2.14. The van der Waals surface area contributed by atoms with Crippen LogP contribution in [0.2, 0.25) is 10.0 Å². The van der Waals surface area contributed by atoms with Gasteiger partial charge in [0.1, 0.15) is 6.10 Å². The van der Waals surface area contributed by atoms with Gasteiger partial charge in [-0.05, 0) is 41.8 Å². The average molecular weight is 268 g/mol. The Morgan fingerprint density at radius 2 is 1.94 bits per heavy atom. The maximum Gasteiger partial charge on any atom is 0.104 e. The van der Waals surface area contributed by atoms with Crippen molar-refractivity contribution in [3.63, 3.8) is 0 Å². The molecule has 0 aliphatic rings. The summed E-state index contributed by atoms with van der Waals surface area (Å²) in [7, 11) is 0. The summed E-state index contributed by atoms with van der Waals surface area (Å²) >= 11 is 11.8. The molecule has 1 N–H and O–H groups in total. The second-order valence-electron chi connectivity index (χ2n) is 3.81. The first-order valence-electron chi connectivity index (χ1n) is 5.13. The van der Waals surface area contributed by atoms with E-state index in [4.69, 9.17) is 23.2 Å². The van der Waals surface area contributed by atoms with Gasteiger partial charge in [0.2, 0.25) is 0 Å². The first-order chi connectivity index (χ1) is 8.09. The van der Waals surface area contributed by atoms with Crippen LogP contribution in [0.3, 0.4) is 0 Å². The Labute approximate surface area is 110 Å². The largest absolute Gasteiger partial charge is 0.384 e. The third-order valence-corrected chi connectivity index (χ3v) is 3.36. The standard InChI is InChI=1S/C13H11Cl2NO/c1-8-7-16-5-4-10(8)13(17)9-2-3-11(14)12(15)6-9/h2-7,13,17H,1H3. The molecule has 1 unspecified atom stereocenters. The minimum atomic E-state index is -0.715. The maximum atomic E-state index is 10.3. The molecule has 0 saturated heterocycles. The van der Waals surface area contributed by atoms with Gasteiger partial charge in [-0.2, -0.15) is 0 Å². The second-order valence-corrected chi connectivity index (χ2v) is 4.62. The SMILES string of the molecule is Cc1cnccc1C(O)c1ccc(Cl)c(Cl)c1. The summed E-state index contributed by atoms with van der Waals surface area (Å²) in [5.41, 5.74) is 2.47. The molecule has 0 aliphatic carbocycles. The number of aryl methyl sites for hydroxylation is 1. The molecule has 0 radical (unpaired) electrons. The number of hydrogen-bond acceptors (Lipinski definition) is 2. The van der Waals surface area contributed by atoms with E-state index < -0.39 is 6.10 Å². The zero-order valence-corrected chi connectivity index (χ0v) is 10.7. The molecule has 0 aliphatic heterocycles. The lowest BCUT2D eigenvalue weighted by atomic mass is 9.99. The molecule has 2 rings (SSSR count). The fraction of sp³-hybridized carbons (Fsp3) is 0.154. The molecule has 1 aromatic carbocycles. The van der Waals surface area contributed by atoms with Crippen molar-refractivity contribution < 1.29 is 5.11 Å². The van der Waals surface area contributed by atoms with Crippen molar-refractivity contribution >= 4 is 23.2 Å². The van der Waals surface area contributed by atoms with Crippen LogP contribution in [-0.4, -0.2) is 10.1 Å². The average Bonchev–Trinajstić information content (AvgIpc) is 2.32. The van der Waals surface area contributed by atoms with E-state index in [1.165, 1.54) is 0 Å². The number of aliphatic hydroxyl groups excluding tert-OH is 1. The number of benzene rings is 1. The number of nitrogens with zero attached hydrogens (tertiary/aromatic N) is 1. The highest BCUT2D eigenvalue weighted by Gasteiger charge is 2.13. The summed E-state index contributed by atoms with van der Waals surface area (Å²) in [5, 5.41) is 11.2. The van der Waals surface area contributed by atoms with Crippen LogP contribution in [0.1, 0.15) is 22.8 Å². The smallest absolute Gasteiger partial charge is 0.104 e. The molecular weight excluding hydrogens is 257 g/mol. The van der Waals surface area contributed by atoms with Crippen LogP contribution in [0.15, 0.2) is 36.7 Å². The van der Waals surface area contributed by atoms with Gasteiger partial charge in [-0.15, -0.1) is 0 Å². The van der Waals surface area contributed by atoms with Crippen molar-refractivity contribution in [1.29, 1.82) is 0 Å². The van der Waals surface area contributed by atoms with Crippen LogP contribution >= 0.6 is 23.2 Å². The summed E-state index contributed by atoms with van der Waals surface area (Å²) < 4.78 is 0. The van der Waals surface area contributed by atoms with Crippen LogP contribution in [0, 0.1) is 6.92 Å². The van der Waals surface area contributed by atoms with Crippen molar-refractivity contribution in [2.75, 3.05) is 0 Å². The van der Waals surface area contributed by atoms with Gasteiger partial charge in [0, 0.05) is 12.4 Å². The highest BCUT2D eigenvalue weighted by Crippen LogP contribution is 2.29. The van der Waals surface area contributed by atoms with Crippen LogP contribution in [-0.2, 0) is 0 Å². The Hall–Kier alpha value is -1.09. The highest BCUT2D eigenvalue weighted by molar-refractivity contribution is 6.42. The fourth-order valence-electron chi connectivity index (χ4n) is 1.65. The maximum absolute atomic E-state index is 10.3. The Kier molecular flexibility index (Phi) is 3.67. The Morgan fingerprint density at radius 1 is 1.18 bits per heavy atom. The molecule has 1 aromatic heterocycles. The zero-order chi connectivity index (χ0) is 12.4. The predicted molar refractivity (Wildman–Crippen MR) is 69.5 cm³/mol. The predicted octanol–water partition coefficient (Wildman–Crippen LogP) is 3.78. The van der Waals surface area contributed by atoms with Gasteiger partial charge < -0.3 is 5.11 Å². The van der Waals surface area contributed by atoms with Gasteiger partial charge in [0.25, 0.3) is 0 Å². The molecule has 4 heteroatoms. The van der Waals surface area contributed by atoms with Gasteiger partial charge in [0.05, 0.1) is 10.0 Å². The number of halogens is 2. The molecule has 17 heavy (non-hydrogen) atoms. The number of aliphatic hydroxyl groups is 1. The van der Waals surface area contributed by atoms with Crippen molar-refractivity contribution in [3.8, 4) is 0 Å². The van der Waals surface area contributed by atoms with E-state index in [0.29, 0.717) is 15.6 Å². The molecule has 0 amide bonds. The second kappa shape index (κ2) is 5.05. The first-order valence-corrected chi connectivity index (χ1v) is 5.88. The third kappa shape index (κ3) is 2.60. The first kappa shape index (κ1) is 12.4. The van der Waals surface area contributed by atoms with E-state index in [0.717, 1.165) is 11.1 Å². The molecule has 0 saturated carbocycles. The minimum absolute atomic E-state index is 0.440. The summed E-state index contributed by atoms with van der Waals surface area (Å²) in [6.45, 7) is 1.91. The molecule has 1 heterocycles. The molecule has 0 bridgehead atoms. The zero-order valence-electron chi connectivity index (χ0n) is 9.19. The molecule has 0 fully saturated rings. The molecule has 0 spiro atoms. The van der Waals surface area contributed by atoms with E-state index in [-0.39, 0.29) is 0 Å². The summed E-state index contributed by atoms with van der Waals surface area (Å²) in [6.07, 6.45) is 2.66. The van der Waals surface area contributed by atoms with Crippen LogP contribution in [0.5, 0.6) is 0 Å². The van der Waals surface area contributed by atoms with E-state index in [2.05, 4.69) is 4.98 Å². The van der Waals surface area contributed by atoms with Crippen molar-refractivity contribution in [1.82, 2.24) is 4.98 Å². The molecule has 1 atom stereocenters. The Morgan fingerprint density at radius 3 is 2.59 bits per heavy atom. The van der Waals surface area contributed by atoms with E-state index >= 15 is 0 Å². The summed E-state index contributed by atoms with van der Waals surface area (Å²) in [5.74, 6) is 0. The summed E-state index contributed by atoms with van der Waals surface area (Å²) in [4.78, 5) is 3.99. The van der Waals surface area contributed by atoms with Gasteiger partial charge in [-0.1, -0.05) is 29.3 Å². The third-order valence-electron chi connectivity index (χ3n) is 2.62. The molecule has 2 aromatic rings. The number of pyridine rings is 1. The topological polar surface area (TPSA) is 33.1 Å². The fourth-order valence-corrected chi connectivity index (χ4v) is 1.96. The molecular formula is C13H11Cl2NO. The van der Waals surface area contributed by atoms with Crippen molar-refractivity contribution in [2.45, 2.75) is 13.0 Å². The highest BCUT2D eigenvalue weighted by atomic mass is 35.5. The van der Waals surface area contributed by atoms with Crippen LogP contribution in [0.4, 0.5) is 0 Å². The number of aromatic nitrogens is 1. The van der Waals surface area contributed by atoms with E-state index in [1.807, 2.05) is 6.92 Å². The van der Waals surface area contributed by atoms with Gasteiger partial charge >= 0.3 is 0 Å². The van der Waals surface area contributed by atoms with Gasteiger partial charge in [-0.3, -0.25) is 4.98 Å².